The fraction of sp³-hybridized carbons (Fsp3) is 0.250. The molecule has 0 saturated heterocycles. The molecule has 2 aromatic carbocycles. The molecule has 0 N–H and O–H groups in total. The molecule has 0 saturated carbocycles. The summed E-state index contributed by atoms with van der Waals surface area (Å²) in [6.45, 7) is 3.78. The van der Waals surface area contributed by atoms with E-state index in [1.165, 1.54) is 5.56 Å². The summed E-state index contributed by atoms with van der Waals surface area (Å²) in [4.78, 5) is 4.42. The Kier molecular flexibility index (Phi) is 5.09. The van der Waals surface area contributed by atoms with Crippen molar-refractivity contribution in [1.29, 1.82) is 0 Å². The zero-order valence-corrected chi connectivity index (χ0v) is 13.5. The minimum atomic E-state index is 0.734. The van der Waals surface area contributed by atoms with Crippen molar-refractivity contribution < 1.29 is 4.74 Å². The molecule has 0 aliphatic rings. The van der Waals surface area contributed by atoms with E-state index in [4.69, 9.17) is 4.74 Å². The summed E-state index contributed by atoms with van der Waals surface area (Å²) in [5.74, 6) is 1.92. The quantitative estimate of drug-likeness (QED) is 0.597. The third-order valence-electron chi connectivity index (χ3n) is 3.89. The first kappa shape index (κ1) is 15.3. The fourth-order valence-corrected chi connectivity index (χ4v) is 2.64. The maximum absolute atomic E-state index is 5.83. The molecule has 3 nitrogen and oxygen atoms in total. The van der Waals surface area contributed by atoms with Crippen molar-refractivity contribution in [3.8, 4) is 17.1 Å². The average molecular weight is 306 g/mol. The molecule has 0 radical (unpaired) electrons. The van der Waals surface area contributed by atoms with Crippen molar-refractivity contribution in [1.82, 2.24) is 9.55 Å². The first-order valence-electron chi connectivity index (χ1n) is 8.15. The Balaban J connectivity index is 1.52. The van der Waals surface area contributed by atoms with Crippen molar-refractivity contribution in [2.24, 2.45) is 0 Å². The summed E-state index contributed by atoms with van der Waals surface area (Å²) in [5, 5.41) is 0. The van der Waals surface area contributed by atoms with Crippen LogP contribution in [0, 0.1) is 0 Å². The summed E-state index contributed by atoms with van der Waals surface area (Å²) in [6.07, 6.45) is 5.91. The number of hydrogen-bond acceptors (Lipinski definition) is 2. The molecule has 0 amide bonds. The summed E-state index contributed by atoms with van der Waals surface area (Å²) < 4.78 is 7.96. The molecule has 0 bridgehead atoms. The lowest BCUT2D eigenvalue weighted by molar-refractivity contribution is 0.311. The van der Waals surface area contributed by atoms with Gasteiger partial charge in [0, 0.05) is 24.5 Å². The van der Waals surface area contributed by atoms with E-state index < -0.39 is 0 Å². The molecule has 118 valence electrons. The van der Waals surface area contributed by atoms with Gasteiger partial charge in [-0.3, -0.25) is 0 Å². The van der Waals surface area contributed by atoms with Gasteiger partial charge in [0.25, 0.3) is 0 Å². The topological polar surface area (TPSA) is 27.1 Å². The zero-order valence-electron chi connectivity index (χ0n) is 13.5. The van der Waals surface area contributed by atoms with Gasteiger partial charge >= 0.3 is 0 Å². The second kappa shape index (κ2) is 7.63. The Hall–Kier alpha value is -2.55. The van der Waals surface area contributed by atoms with Gasteiger partial charge in [0.15, 0.2) is 0 Å². The maximum Gasteiger partial charge on any atom is 0.139 e. The molecular weight excluding hydrogens is 284 g/mol. The Labute approximate surface area is 137 Å². The van der Waals surface area contributed by atoms with Gasteiger partial charge in [0.1, 0.15) is 11.6 Å². The molecule has 0 spiro atoms. The molecule has 3 heteroatoms. The highest BCUT2D eigenvalue weighted by Gasteiger charge is 2.04. The monoisotopic (exact) mass is 306 g/mol. The normalized spacial score (nSPS) is 10.7. The minimum Gasteiger partial charge on any atom is -0.494 e. The van der Waals surface area contributed by atoms with E-state index in [9.17, 15) is 0 Å². The van der Waals surface area contributed by atoms with Crippen LogP contribution in [0.2, 0.25) is 0 Å². The van der Waals surface area contributed by atoms with Crippen molar-refractivity contribution in [2.45, 2.75) is 26.3 Å². The lowest BCUT2D eigenvalue weighted by atomic mass is 10.1. The molecule has 0 aliphatic carbocycles. The van der Waals surface area contributed by atoms with Crippen molar-refractivity contribution in [2.75, 3.05) is 6.61 Å². The number of ether oxygens (including phenoxy) is 1. The van der Waals surface area contributed by atoms with Crippen LogP contribution in [-0.4, -0.2) is 16.2 Å². The highest BCUT2D eigenvalue weighted by Crippen LogP contribution is 2.21. The molecule has 3 rings (SSSR count). The van der Waals surface area contributed by atoms with Gasteiger partial charge in [0.05, 0.1) is 6.61 Å². The van der Waals surface area contributed by atoms with Gasteiger partial charge in [-0.2, -0.15) is 0 Å². The van der Waals surface area contributed by atoms with Crippen LogP contribution in [0.15, 0.2) is 67.0 Å². The Morgan fingerprint density at radius 2 is 1.78 bits per heavy atom. The smallest absolute Gasteiger partial charge is 0.139 e. The van der Waals surface area contributed by atoms with Gasteiger partial charge in [-0.05, 0) is 49.6 Å². The molecule has 0 atom stereocenters. The van der Waals surface area contributed by atoms with E-state index in [0.717, 1.165) is 43.1 Å². The molecule has 23 heavy (non-hydrogen) atoms. The lowest BCUT2D eigenvalue weighted by Gasteiger charge is -2.08. The second-order valence-corrected chi connectivity index (χ2v) is 5.50. The standard InChI is InChI=1S/C20H22N2O/c1-2-22-15-14-21-20(22)18-10-12-19(13-11-18)23-16-6-9-17-7-4-3-5-8-17/h3-5,7-8,10-15H,2,6,9,16H2,1H3. The molecule has 0 fully saturated rings. The van der Waals surface area contributed by atoms with Gasteiger partial charge < -0.3 is 9.30 Å². The predicted molar refractivity (Wildman–Crippen MR) is 93.6 cm³/mol. The second-order valence-electron chi connectivity index (χ2n) is 5.50. The fourth-order valence-electron chi connectivity index (χ4n) is 2.64. The zero-order chi connectivity index (χ0) is 15.9. The Morgan fingerprint density at radius 1 is 1.00 bits per heavy atom. The average Bonchev–Trinajstić information content (AvgIpc) is 3.09. The van der Waals surface area contributed by atoms with Crippen LogP contribution >= 0.6 is 0 Å². The highest BCUT2D eigenvalue weighted by molar-refractivity contribution is 5.56. The van der Waals surface area contributed by atoms with Gasteiger partial charge in [0.2, 0.25) is 0 Å². The summed E-state index contributed by atoms with van der Waals surface area (Å²) in [7, 11) is 0. The third kappa shape index (κ3) is 4.01. The third-order valence-corrected chi connectivity index (χ3v) is 3.89. The summed E-state index contributed by atoms with van der Waals surface area (Å²) in [6, 6.07) is 18.7. The molecule has 1 heterocycles. The van der Waals surface area contributed by atoms with Crippen LogP contribution < -0.4 is 4.74 Å². The van der Waals surface area contributed by atoms with Crippen LogP contribution in [0.25, 0.3) is 11.4 Å². The molecule has 1 aromatic heterocycles. The Morgan fingerprint density at radius 3 is 2.52 bits per heavy atom. The SMILES string of the molecule is CCn1ccnc1-c1ccc(OCCCc2ccccc2)cc1. The van der Waals surface area contributed by atoms with Crippen LogP contribution in [0.3, 0.4) is 0 Å². The molecule has 0 aliphatic heterocycles. The molecular formula is C20H22N2O. The van der Waals surface area contributed by atoms with Crippen molar-refractivity contribution in [3.05, 3.63) is 72.6 Å². The number of aromatic nitrogens is 2. The van der Waals surface area contributed by atoms with E-state index in [0.29, 0.717) is 0 Å². The summed E-state index contributed by atoms with van der Waals surface area (Å²) in [5.41, 5.74) is 2.48. The van der Waals surface area contributed by atoms with Gasteiger partial charge in [-0.15, -0.1) is 0 Å². The van der Waals surface area contributed by atoms with E-state index in [-0.39, 0.29) is 0 Å². The van der Waals surface area contributed by atoms with Crippen LogP contribution in [0.4, 0.5) is 0 Å². The maximum atomic E-state index is 5.83. The molecule has 0 unspecified atom stereocenters. The number of nitrogens with zero attached hydrogens (tertiary/aromatic N) is 2. The number of aryl methyl sites for hydroxylation is 2. The van der Waals surface area contributed by atoms with Crippen LogP contribution in [-0.2, 0) is 13.0 Å². The predicted octanol–water partition coefficient (Wildman–Crippen LogP) is 4.58. The van der Waals surface area contributed by atoms with E-state index in [2.05, 4.69) is 52.9 Å². The Bertz CT molecular complexity index is 717. The minimum absolute atomic E-state index is 0.734. The lowest BCUT2D eigenvalue weighted by Crippen LogP contribution is -2.00. The number of hydrogen-bond donors (Lipinski definition) is 0. The first-order valence-corrected chi connectivity index (χ1v) is 8.15. The highest BCUT2D eigenvalue weighted by atomic mass is 16.5. The van der Waals surface area contributed by atoms with E-state index >= 15 is 0 Å². The summed E-state index contributed by atoms with van der Waals surface area (Å²) >= 11 is 0. The van der Waals surface area contributed by atoms with E-state index in [1.807, 2.05) is 30.6 Å². The first-order chi connectivity index (χ1) is 11.4. The number of imidazole rings is 1. The largest absolute Gasteiger partial charge is 0.494 e. The van der Waals surface area contributed by atoms with Gasteiger partial charge in [-0.25, -0.2) is 4.98 Å². The van der Waals surface area contributed by atoms with Crippen LogP contribution in [0.5, 0.6) is 5.75 Å². The molecule has 3 aromatic rings. The van der Waals surface area contributed by atoms with Crippen molar-refractivity contribution in [3.63, 3.8) is 0 Å². The van der Waals surface area contributed by atoms with E-state index in [1.54, 1.807) is 0 Å². The number of rotatable bonds is 7. The van der Waals surface area contributed by atoms with Crippen LogP contribution in [0.1, 0.15) is 18.9 Å². The van der Waals surface area contributed by atoms with Gasteiger partial charge in [-0.1, -0.05) is 30.3 Å². The van der Waals surface area contributed by atoms with Crippen molar-refractivity contribution >= 4 is 0 Å². The number of benzene rings is 2.